The van der Waals surface area contributed by atoms with Gasteiger partial charge >= 0.3 is 0 Å². The van der Waals surface area contributed by atoms with Crippen LogP contribution >= 0.6 is 0 Å². The fourth-order valence-corrected chi connectivity index (χ4v) is 1.99. The number of rotatable bonds is 4. The first-order valence-electron chi connectivity index (χ1n) is 5.85. The van der Waals surface area contributed by atoms with Gasteiger partial charge in [-0.25, -0.2) is 4.39 Å². The van der Waals surface area contributed by atoms with Crippen LogP contribution in [0.15, 0.2) is 30.3 Å². The van der Waals surface area contributed by atoms with Gasteiger partial charge in [-0.15, -0.1) is 0 Å². The van der Waals surface area contributed by atoms with Crippen molar-refractivity contribution in [2.75, 3.05) is 0 Å². The predicted octanol–water partition coefficient (Wildman–Crippen LogP) is 2.04. The van der Waals surface area contributed by atoms with Gasteiger partial charge in [0, 0.05) is 0 Å². The van der Waals surface area contributed by atoms with Gasteiger partial charge in [0.15, 0.2) is 12.5 Å². The largest absolute Gasteiger partial charge is 0.368 e. The molecule has 0 spiro atoms. The number of alkyl halides is 1. The van der Waals surface area contributed by atoms with Crippen LogP contribution in [0.3, 0.4) is 0 Å². The highest BCUT2D eigenvalue weighted by Crippen LogP contribution is 2.27. The fraction of sp³-hybridized carbons (Fsp3) is 0.538. The molecule has 17 heavy (non-hydrogen) atoms. The molecule has 2 unspecified atom stereocenters. The summed E-state index contributed by atoms with van der Waals surface area (Å²) in [6, 6.07) is 9.56. The Labute approximate surface area is 100 Å². The van der Waals surface area contributed by atoms with Gasteiger partial charge in [-0.2, -0.15) is 0 Å². The Morgan fingerprint density at radius 2 is 2.06 bits per heavy atom. The van der Waals surface area contributed by atoms with Gasteiger partial charge in [0.25, 0.3) is 0 Å². The molecule has 0 radical (unpaired) electrons. The van der Waals surface area contributed by atoms with Gasteiger partial charge in [0.1, 0.15) is 6.10 Å². The molecule has 1 heterocycles. The zero-order valence-electron chi connectivity index (χ0n) is 9.75. The first-order chi connectivity index (χ1) is 8.22. The fourth-order valence-electron chi connectivity index (χ4n) is 1.99. The number of aliphatic hydroxyl groups is 1. The van der Waals surface area contributed by atoms with E-state index in [1.807, 2.05) is 37.3 Å². The molecule has 94 valence electrons. The lowest BCUT2D eigenvalue weighted by atomic mass is 10.1. The molecule has 3 nitrogen and oxygen atoms in total. The molecule has 1 N–H and O–H groups in total. The molecule has 0 bridgehead atoms. The van der Waals surface area contributed by atoms with E-state index < -0.39 is 18.6 Å². The highest BCUT2D eigenvalue weighted by molar-refractivity contribution is 5.13. The predicted molar refractivity (Wildman–Crippen MR) is 61.1 cm³/mol. The third-order valence-electron chi connectivity index (χ3n) is 2.95. The number of hydrogen-bond acceptors (Lipinski definition) is 3. The second-order valence-electron chi connectivity index (χ2n) is 4.18. The quantitative estimate of drug-likeness (QED) is 0.875. The second-order valence-corrected chi connectivity index (χ2v) is 4.18. The summed E-state index contributed by atoms with van der Waals surface area (Å²) in [6.07, 6.45) is -3.26. The van der Waals surface area contributed by atoms with Gasteiger partial charge in [0.05, 0.1) is 12.7 Å². The van der Waals surface area contributed by atoms with E-state index in [9.17, 15) is 9.50 Å². The zero-order chi connectivity index (χ0) is 12.3. The SMILES string of the molecule is CC[C@H]1OC(O)[C@@H](F)C1OCc1ccccc1. The van der Waals surface area contributed by atoms with Crippen LogP contribution in [0.1, 0.15) is 18.9 Å². The maximum absolute atomic E-state index is 13.6. The van der Waals surface area contributed by atoms with Gasteiger partial charge < -0.3 is 14.6 Å². The minimum absolute atomic E-state index is 0.332. The lowest BCUT2D eigenvalue weighted by Gasteiger charge is -2.18. The monoisotopic (exact) mass is 240 g/mol. The lowest BCUT2D eigenvalue weighted by Crippen LogP contribution is -2.31. The normalized spacial score (nSPS) is 32.9. The molecule has 1 aliphatic heterocycles. The van der Waals surface area contributed by atoms with Crippen LogP contribution in [0, 0.1) is 0 Å². The van der Waals surface area contributed by atoms with Gasteiger partial charge in [-0.1, -0.05) is 37.3 Å². The van der Waals surface area contributed by atoms with Crippen molar-refractivity contribution in [1.82, 2.24) is 0 Å². The Kier molecular flexibility index (Phi) is 4.10. The Hall–Kier alpha value is -0.970. The summed E-state index contributed by atoms with van der Waals surface area (Å²) >= 11 is 0. The highest BCUT2D eigenvalue weighted by atomic mass is 19.1. The maximum atomic E-state index is 13.6. The molecule has 2 rings (SSSR count). The summed E-state index contributed by atoms with van der Waals surface area (Å²) in [5, 5.41) is 9.29. The molecule has 0 aliphatic carbocycles. The molecule has 4 heteroatoms. The third-order valence-corrected chi connectivity index (χ3v) is 2.95. The van der Waals surface area contributed by atoms with Gasteiger partial charge in [-0.3, -0.25) is 0 Å². The topological polar surface area (TPSA) is 38.7 Å². The minimum Gasteiger partial charge on any atom is -0.368 e. The number of benzene rings is 1. The van der Waals surface area contributed by atoms with Crippen molar-refractivity contribution in [2.24, 2.45) is 0 Å². The summed E-state index contributed by atoms with van der Waals surface area (Å²) in [6.45, 7) is 2.22. The smallest absolute Gasteiger partial charge is 0.189 e. The lowest BCUT2D eigenvalue weighted by molar-refractivity contribution is -0.113. The van der Waals surface area contributed by atoms with Crippen LogP contribution in [0.4, 0.5) is 4.39 Å². The van der Waals surface area contributed by atoms with E-state index in [0.717, 1.165) is 5.56 Å². The molecule has 1 saturated heterocycles. The number of hydrogen-bond donors (Lipinski definition) is 1. The Morgan fingerprint density at radius 3 is 2.71 bits per heavy atom. The van der Waals surface area contributed by atoms with E-state index in [1.165, 1.54) is 0 Å². The Bertz CT molecular complexity index is 344. The number of aliphatic hydroxyl groups excluding tert-OH is 1. The van der Waals surface area contributed by atoms with E-state index in [-0.39, 0.29) is 6.10 Å². The average Bonchev–Trinajstić information content (AvgIpc) is 2.64. The summed E-state index contributed by atoms with van der Waals surface area (Å²) in [4.78, 5) is 0. The third kappa shape index (κ3) is 2.83. The molecule has 0 amide bonds. The molecule has 4 atom stereocenters. The summed E-state index contributed by atoms with van der Waals surface area (Å²) < 4.78 is 24.2. The van der Waals surface area contributed by atoms with Crippen molar-refractivity contribution in [3.05, 3.63) is 35.9 Å². The van der Waals surface area contributed by atoms with Crippen LogP contribution in [-0.2, 0) is 16.1 Å². The van der Waals surface area contributed by atoms with Crippen LogP contribution in [0.2, 0.25) is 0 Å². The van der Waals surface area contributed by atoms with Crippen molar-refractivity contribution in [3.63, 3.8) is 0 Å². The molecular formula is C13H17FO3. The first kappa shape index (κ1) is 12.5. The Morgan fingerprint density at radius 1 is 1.35 bits per heavy atom. The van der Waals surface area contributed by atoms with E-state index in [4.69, 9.17) is 9.47 Å². The standard InChI is InChI=1S/C13H17FO3/c1-2-10-12(11(14)13(15)17-10)16-8-9-6-4-3-5-7-9/h3-7,10-13,15H,2,8H2,1H3/t10-,11+,12?,13?/m1/s1. The summed E-state index contributed by atoms with van der Waals surface area (Å²) in [5.41, 5.74) is 0.982. The van der Waals surface area contributed by atoms with Crippen LogP contribution in [0.25, 0.3) is 0 Å². The van der Waals surface area contributed by atoms with Gasteiger partial charge in [-0.05, 0) is 12.0 Å². The average molecular weight is 240 g/mol. The van der Waals surface area contributed by atoms with Crippen molar-refractivity contribution >= 4 is 0 Å². The molecular weight excluding hydrogens is 223 g/mol. The van der Waals surface area contributed by atoms with E-state index in [1.54, 1.807) is 0 Å². The molecule has 0 saturated carbocycles. The molecule has 1 aromatic rings. The highest BCUT2D eigenvalue weighted by Gasteiger charge is 2.44. The molecule has 1 aromatic carbocycles. The molecule has 1 fully saturated rings. The minimum atomic E-state index is -1.47. The molecule has 0 aromatic heterocycles. The van der Waals surface area contributed by atoms with Crippen molar-refractivity contribution < 1.29 is 19.0 Å². The van der Waals surface area contributed by atoms with Gasteiger partial charge in [0.2, 0.25) is 0 Å². The van der Waals surface area contributed by atoms with Crippen LogP contribution < -0.4 is 0 Å². The van der Waals surface area contributed by atoms with Crippen molar-refractivity contribution in [2.45, 2.75) is 44.6 Å². The first-order valence-corrected chi connectivity index (χ1v) is 5.85. The maximum Gasteiger partial charge on any atom is 0.189 e. The molecule has 1 aliphatic rings. The summed E-state index contributed by atoms with van der Waals surface area (Å²) in [5.74, 6) is 0. The summed E-state index contributed by atoms with van der Waals surface area (Å²) in [7, 11) is 0. The van der Waals surface area contributed by atoms with Crippen LogP contribution in [-0.4, -0.2) is 29.8 Å². The van der Waals surface area contributed by atoms with E-state index in [2.05, 4.69) is 0 Å². The number of halogens is 1. The van der Waals surface area contributed by atoms with E-state index in [0.29, 0.717) is 13.0 Å². The second kappa shape index (κ2) is 5.58. The number of ether oxygens (including phenoxy) is 2. The van der Waals surface area contributed by atoms with E-state index >= 15 is 0 Å². The van der Waals surface area contributed by atoms with Crippen LogP contribution in [0.5, 0.6) is 0 Å². The Balaban J connectivity index is 1.93. The van der Waals surface area contributed by atoms with Crippen molar-refractivity contribution in [1.29, 1.82) is 0 Å². The zero-order valence-corrected chi connectivity index (χ0v) is 9.75. The van der Waals surface area contributed by atoms with Crippen molar-refractivity contribution in [3.8, 4) is 0 Å².